The van der Waals surface area contributed by atoms with Crippen LogP contribution in [-0.2, 0) is 9.47 Å². The lowest BCUT2D eigenvalue weighted by atomic mass is 10.1. The van der Waals surface area contributed by atoms with Crippen molar-refractivity contribution in [2.75, 3.05) is 6.61 Å². The average molecular weight is 324 g/mol. The maximum absolute atomic E-state index is 5.91. The minimum absolute atomic E-state index is 0.0285. The van der Waals surface area contributed by atoms with E-state index in [0.29, 0.717) is 3.92 Å². The Balaban J connectivity index is 2.32. The van der Waals surface area contributed by atoms with E-state index in [1.807, 2.05) is 6.08 Å². The zero-order valence-corrected chi connectivity index (χ0v) is 11.6. The first kappa shape index (κ1) is 13.5. The number of halogens is 1. The van der Waals surface area contributed by atoms with Gasteiger partial charge in [-0.1, -0.05) is 48.4 Å². The molecule has 1 aliphatic heterocycles. The fraction of sp³-hybridized carbons (Fsp3) is 0.833. The molecule has 0 aromatic heterocycles. The van der Waals surface area contributed by atoms with E-state index in [9.17, 15) is 0 Å². The van der Waals surface area contributed by atoms with E-state index >= 15 is 0 Å². The van der Waals surface area contributed by atoms with Crippen LogP contribution in [0.3, 0.4) is 0 Å². The number of hydrogen-bond acceptors (Lipinski definition) is 2. The Morgan fingerprint density at radius 2 is 2.47 bits per heavy atom. The average Bonchev–Trinajstić information content (AvgIpc) is 2.26. The van der Waals surface area contributed by atoms with Gasteiger partial charge in [0.15, 0.2) is 6.29 Å². The molecule has 0 aromatic carbocycles. The van der Waals surface area contributed by atoms with Gasteiger partial charge < -0.3 is 9.47 Å². The minimum atomic E-state index is -0.0285. The van der Waals surface area contributed by atoms with Crippen molar-refractivity contribution < 1.29 is 9.47 Å². The monoisotopic (exact) mass is 324 g/mol. The Morgan fingerprint density at radius 1 is 1.67 bits per heavy atom. The smallest absolute Gasteiger partial charge is 0.170 e. The third-order valence-electron chi connectivity index (χ3n) is 2.62. The largest absolute Gasteiger partial charge is 0.352 e. The molecule has 0 N–H and O–H groups in total. The number of alkyl halides is 1. The molecule has 88 valence electrons. The van der Waals surface area contributed by atoms with E-state index in [1.165, 1.54) is 19.3 Å². The van der Waals surface area contributed by atoms with Crippen molar-refractivity contribution in [2.45, 2.75) is 55.3 Å². The van der Waals surface area contributed by atoms with Gasteiger partial charge in [-0.05, 0) is 19.3 Å². The van der Waals surface area contributed by atoms with Gasteiger partial charge in [-0.3, -0.25) is 0 Å². The molecule has 0 aromatic rings. The normalized spacial score (nSPS) is 28.7. The summed E-state index contributed by atoms with van der Waals surface area (Å²) < 4.78 is 12.0. The zero-order chi connectivity index (χ0) is 11.1. The molecule has 1 heterocycles. The molecule has 1 unspecified atom stereocenters. The first-order chi connectivity index (χ1) is 7.27. The van der Waals surface area contributed by atoms with Crippen molar-refractivity contribution in [2.24, 2.45) is 0 Å². The van der Waals surface area contributed by atoms with Crippen LogP contribution in [-0.4, -0.2) is 22.9 Å². The molecule has 1 saturated heterocycles. The Hall–Kier alpha value is 0.390. The van der Waals surface area contributed by atoms with E-state index in [-0.39, 0.29) is 12.4 Å². The molecule has 1 fully saturated rings. The summed E-state index contributed by atoms with van der Waals surface area (Å²) in [6, 6.07) is 0. The summed E-state index contributed by atoms with van der Waals surface area (Å²) in [6.07, 6.45) is 7.83. The van der Waals surface area contributed by atoms with Crippen molar-refractivity contribution >= 4 is 22.6 Å². The maximum Gasteiger partial charge on any atom is 0.170 e. The first-order valence-electron chi connectivity index (χ1n) is 5.81. The third-order valence-corrected chi connectivity index (χ3v) is 3.83. The van der Waals surface area contributed by atoms with E-state index in [1.54, 1.807) is 0 Å². The van der Waals surface area contributed by atoms with E-state index in [0.717, 1.165) is 19.4 Å². The van der Waals surface area contributed by atoms with Gasteiger partial charge in [0.25, 0.3) is 0 Å². The predicted molar refractivity (Wildman–Crippen MR) is 71.4 cm³/mol. The van der Waals surface area contributed by atoms with E-state index in [4.69, 9.17) is 9.47 Å². The molecule has 15 heavy (non-hydrogen) atoms. The van der Waals surface area contributed by atoms with Crippen LogP contribution < -0.4 is 0 Å². The Kier molecular flexibility index (Phi) is 6.84. The van der Waals surface area contributed by atoms with Crippen LogP contribution in [0.2, 0.25) is 0 Å². The van der Waals surface area contributed by atoms with Gasteiger partial charge in [0.1, 0.15) is 0 Å². The molecule has 1 rings (SSSR count). The highest BCUT2D eigenvalue weighted by Gasteiger charge is 2.26. The zero-order valence-electron chi connectivity index (χ0n) is 9.45. The van der Waals surface area contributed by atoms with Crippen molar-refractivity contribution in [3.8, 4) is 0 Å². The number of hydrogen-bond donors (Lipinski definition) is 0. The van der Waals surface area contributed by atoms with Crippen molar-refractivity contribution in [3.63, 3.8) is 0 Å². The molecule has 0 spiro atoms. The number of ether oxygens (including phenoxy) is 2. The summed E-state index contributed by atoms with van der Waals surface area (Å²) >= 11 is 2.42. The van der Waals surface area contributed by atoms with Crippen LogP contribution in [0, 0.1) is 0 Å². The van der Waals surface area contributed by atoms with Gasteiger partial charge in [-0.2, -0.15) is 0 Å². The maximum atomic E-state index is 5.91. The fourth-order valence-corrected chi connectivity index (χ4v) is 2.48. The number of rotatable bonds is 6. The van der Waals surface area contributed by atoms with Crippen molar-refractivity contribution in [3.05, 3.63) is 12.7 Å². The lowest BCUT2D eigenvalue weighted by Crippen LogP contribution is -2.35. The highest BCUT2D eigenvalue weighted by Crippen LogP contribution is 2.24. The van der Waals surface area contributed by atoms with Gasteiger partial charge in [0.2, 0.25) is 0 Å². The highest BCUT2D eigenvalue weighted by molar-refractivity contribution is 14.1. The lowest BCUT2D eigenvalue weighted by Gasteiger charge is -2.30. The van der Waals surface area contributed by atoms with Gasteiger partial charge in [0, 0.05) is 6.61 Å². The second-order valence-electron chi connectivity index (χ2n) is 3.95. The molecule has 3 heteroatoms. The van der Waals surface area contributed by atoms with Crippen molar-refractivity contribution in [1.29, 1.82) is 0 Å². The summed E-state index contributed by atoms with van der Waals surface area (Å²) in [4.78, 5) is 0. The van der Waals surface area contributed by atoms with Crippen molar-refractivity contribution in [1.82, 2.24) is 0 Å². The fourth-order valence-electron chi connectivity index (χ4n) is 1.66. The summed E-state index contributed by atoms with van der Waals surface area (Å²) in [6.45, 7) is 6.85. The van der Waals surface area contributed by atoms with Gasteiger partial charge >= 0.3 is 0 Å². The van der Waals surface area contributed by atoms with Gasteiger partial charge in [0.05, 0.1) is 10.0 Å². The standard InChI is InChI=1S/C12H21IO2/c1-3-5-7-10(4-2)15-12-11(13)8-6-9-14-12/h4,10-12H,2-3,5-9H2,1H3/t10?,11-,12+/m0/s1. The SMILES string of the molecule is C=CC(CCCC)O[C@H]1OCCC[C@@H]1I. The summed E-state index contributed by atoms with van der Waals surface area (Å²) in [5, 5.41) is 0. The minimum Gasteiger partial charge on any atom is -0.352 e. The van der Waals surface area contributed by atoms with Gasteiger partial charge in [-0.25, -0.2) is 0 Å². The van der Waals surface area contributed by atoms with Crippen LogP contribution >= 0.6 is 22.6 Å². The van der Waals surface area contributed by atoms with Crippen LogP contribution in [0.15, 0.2) is 12.7 Å². The molecular formula is C12H21IO2. The Labute approximate surface area is 107 Å². The lowest BCUT2D eigenvalue weighted by molar-refractivity contribution is -0.172. The van der Waals surface area contributed by atoms with Crippen LogP contribution in [0.5, 0.6) is 0 Å². The van der Waals surface area contributed by atoms with E-state index in [2.05, 4.69) is 36.1 Å². The summed E-state index contributed by atoms with van der Waals surface area (Å²) in [5.41, 5.74) is 0. The van der Waals surface area contributed by atoms with E-state index < -0.39 is 0 Å². The summed E-state index contributed by atoms with van der Waals surface area (Å²) in [5.74, 6) is 0. The second-order valence-corrected chi connectivity index (χ2v) is 5.55. The topological polar surface area (TPSA) is 18.5 Å². The van der Waals surface area contributed by atoms with Gasteiger partial charge in [-0.15, -0.1) is 6.58 Å². The molecule has 0 bridgehead atoms. The molecule has 2 nitrogen and oxygen atoms in total. The van der Waals surface area contributed by atoms with Crippen LogP contribution in [0.25, 0.3) is 0 Å². The number of unbranched alkanes of at least 4 members (excludes halogenated alkanes) is 1. The summed E-state index contributed by atoms with van der Waals surface area (Å²) in [7, 11) is 0. The molecule has 3 atom stereocenters. The Bertz CT molecular complexity index is 184. The molecular weight excluding hydrogens is 303 g/mol. The highest BCUT2D eigenvalue weighted by atomic mass is 127. The molecule has 1 aliphatic rings. The Morgan fingerprint density at radius 3 is 3.07 bits per heavy atom. The third kappa shape index (κ3) is 4.83. The van der Waals surface area contributed by atoms with Crippen LogP contribution in [0.4, 0.5) is 0 Å². The molecule has 0 radical (unpaired) electrons. The predicted octanol–water partition coefficient (Wildman–Crippen LogP) is 3.69. The second kappa shape index (κ2) is 7.63. The quantitative estimate of drug-likeness (QED) is 0.421. The molecule has 0 aliphatic carbocycles. The molecule has 0 amide bonds. The molecule has 0 saturated carbocycles. The first-order valence-corrected chi connectivity index (χ1v) is 7.06. The van der Waals surface area contributed by atoms with Crippen LogP contribution in [0.1, 0.15) is 39.0 Å².